The molecule has 0 bridgehead atoms. The Kier molecular flexibility index (Phi) is 5.61. The summed E-state index contributed by atoms with van der Waals surface area (Å²) in [4.78, 5) is 31.8. The van der Waals surface area contributed by atoms with Crippen LogP contribution >= 0.6 is 11.3 Å². The molecule has 1 fully saturated rings. The maximum absolute atomic E-state index is 12.8. The van der Waals surface area contributed by atoms with E-state index in [1.54, 1.807) is 6.20 Å². The zero-order valence-electron chi connectivity index (χ0n) is 18.3. The van der Waals surface area contributed by atoms with Crippen LogP contribution in [0.2, 0.25) is 0 Å². The van der Waals surface area contributed by atoms with E-state index in [-0.39, 0.29) is 11.8 Å². The van der Waals surface area contributed by atoms with Gasteiger partial charge in [0.15, 0.2) is 0 Å². The summed E-state index contributed by atoms with van der Waals surface area (Å²) in [6.07, 6.45) is 9.52. The first kappa shape index (κ1) is 20.4. The number of fused-ring (bicyclic) bond motifs is 3. The molecule has 0 aromatic carbocycles. The molecule has 5 rings (SSSR count). The molecule has 0 radical (unpaired) electrons. The average molecular weight is 436 g/mol. The Morgan fingerprint density at radius 2 is 1.94 bits per heavy atom. The maximum atomic E-state index is 12.8. The SMILES string of the molecule is Cc1nc(N2CCC(C(=O)Nc3ncccc3C)CC2)c2c3c(sc2n1)CCCCC3. The van der Waals surface area contributed by atoms with Crippen molar-refractivity contribution in [3.05, 3.63) is 40.2 Å². The van der Waals surface area contributed by atoms with Gasteiger partial charge in [-0.1, -0.05) is 12.5 Å². The lowest BCUT2D eigenvalue weighted by atomic mass is 9.95. The number of hydrogen-bond donors (Lipinski definition) is 1. The van der Waals surface area contributed by atoms with Crippen molar-refractivity contribution in [2.45, 2.75) is 58.8 Å². The molecule has 2 aliphatic rings. The van der Waals surface area contributed by atoms with Crippen molar-refractivity contribution in [1.29, 1.82) is 0 Å². The molecule has 1 saturated heterocycles. The third-order valence-corrected chi connectivity index (χ3v) is 7.76. The lowest BCUT2D eigenvalue weighted by Gasteiger charge is -2.32. The summed E-state index contributed by atoms with van der Waals surface area (Å²) in [6, 6.07) is 3.86. The van der Waals surface area contributed by atoms with Crippen LogP contribution < -0.4 is 10.2 Å². The summed E-state index contributed by atoms with van der Waals surface area (Å²) in [5.41, 5.74) is 2.48. The van der Waals surface area contributed by atoms with Crippen molar-refractivity contribution in [3.8, 4) is 0 Å². The van der Waals surface area contributed by atoms with Crippen molar-refractivity contribution in [2.24, 2.45) is 5.92 Å². The highest BCUT2D eigenvalue weighted by Gasteiger charge is 2.29. The van der Waals surface area contributed by atoms with Crippen LogP contribution in [0, 0.1) is 19.8 Å². The molecule has 3 aromatic rings. The number of aromatic nitrogens is 3. The van der Waals surface area contributed by atoms with Gasteiger partial charge < -0.3 is 10.2 Å². The van der Waals surface area contributed by atoms with Crippen LogP contribution in [-0.2, 0) is 17.6 Å². The number of anilines is 2. The van der Waals surface area contributed by atoms with Crippen molar-refractivity contribution in [1.82, 2.24) is 15.0 Å². The molecule has 0 spiro atoms. The summed E-state index contributed by atoms with van der Waals surface area (Å²) in [7, 11) is 0. The summed E-state index contributed by atoms with van der Waals surface area (Å²) in [6.45, 7) is 5.64. The quantitative estimate of drug-likeness (QED) is 0.597. The lowest BCUT2D eigenvalue weighted by Crippen LogP contribution is -2.39. The molecule has 1 N–H and O–H groups in total. The van der Waals surface area contributed by atoms with Gasteiger partial charge in [0.2, 0.25) is 5.91 Å². The number of rotatable bonds is 3. The van der Waals surface area contributed by atoms with Gasteiger partial charge in [0.25, 0.3) is 0 Å². The first-order chi connectivity index (χ1) is 15.1. The Balaban J connectivity index is 1.35. The highest BCUT2D eigenvalue weighted by atomic mass is 32.1. The third kappa shape index (κ3) is 4.03. The number of thiophene rings is 1. The topological polar surface area (TPSA) is 71.0 Å². The van der Waals surface area contributed by atoms with Crippen molar-refractivity contribution in [3.63, 3.8) is 0 Å². The molecule has 0 saturated carbocycles. The number of piperidine rings is 1. The number of pyridine rings is 1. The van der Waals surface area contributed by atoms with Gasteiger partial charge in [-0.25, -0.2) is 15.0 Å². The number of carbonyl (C=O) groups excluding carboxylic acids is 1. The van der Waals surface area contributed by atoms with Crippen LogP contribution in [0.25, 0.3) is 10.2 Å². The number of nitrogens with zero attached hydrogens (tertiary/aromatic N) is 4. The van der Waals surface area contributed by atoms with E-state index in [0.29, 0.717) is 5.82 Å². The van der Waals surface area contributed by atoms with Gasteiger partial charge >= 0.3 is 0 Å². The molecule has 162 valence electrons. The smallest absolute Gasteiger partial charge is 0.228 e. The molecule has 0 atom stereocenters. The van der Waals surface area contributed by atoms with E-state index < -0.39 is 0 Å². The van der Waals surface area contributed by atoms with Crippen LogP contribution in [0.5, 0.6) is 0 Å². The normalized spacial score (nSPS) is 17.4. The van der Waals surface area contributed by atoms with Gasteiger partial charge in [-0.3, -0.25) is 4.79 Å². The second-order valence-corrected chi connectivity index (χ2v) is 9.84. The van der Waals surface area contributed by atoms with Gasteiger partial charge in [0.1, 0.15) is 22.3 Å². The Morgan fingerprint density at radius 3 is 2.74 bits per heavy atom. The van der Waals surface area contributed by atoms with Crippen LogP contribution in [0.15, 0.2) is 18.3 Å². The number of hydrogen-bond acceptors (Lipinski definition) is 6. The zero-order valence-corrected chi connectivity index (χ0v) is 19.1. The van der Waals surface area contributed by atoms with Gasteiger partial charge in [0, 0.05) is 30.1 Å². The lowest BCUT2D eigenvalue weighted by molar-refractivity contribution is -0.120. The van der Waals surface area contributed by atoms with E-state index in [9.17, 15) is 4.79 Å². The monoisotopic (exact) mass is 435 g/mol. The summed E-state index contributed by atoms with van der Waals surface area (Å²) >= 11 is 1.86. The number of nitrogens with one attached hydrogen (secondary N) is 1. The molecule has 1 amide bonds. The average Bonchev–Trinajstić information content (AvgIpc) is 2.95. The largest absolute Gasteiger partial charge is 0.356 e. The van der Waals surface area contributed by atoms with E-state index in [2.05, 4.69) is 15.2 Å². The predicted octanol–water partition coefficient (Wildman–Crippen LogP) is 4.83. The first-order valence-electron chi connectivity index (χ1n) is 11.4. The Hall–Kier alpha value is -2.54. The van der Waals surface area contributed by atoms with Crippen LogP contribution in [-0.4, -0.2) is 33.9 Å². The minimum atomic E-state index is 0.00988. The number of carbonyl (C=O) groups is 1. The van der Waals surface area contributed by atoms with Crippen LogP contribution in [0.3, 0.4) is 0 Å². The second kappa shape index (κ2) is 8.54. The Labute approximate surface area is 187 Å². The van der Waals surface area contributed by atoms with E-state index in [4.69, 9.17) is 9.97 Å². The Morgan fingerprint density at radius 1 is 1.13 bits per heavy atom. The highest BCUT2D eigenvalue weighted by Crippen LogP contribution is 2.40. The molecule has 6 nitrogen and oxygen atoms in total. The van der Waals surface area contributed by atoms with E-state index in [1.807, 2.05) is 37.3 Å². The predicted molar refractivity (Wildman–Crippen MR) is 126 cm³/mol. The summed E-state index contributed by atoms with van der Waals surface area (Å²) in [5.74, 6) is 2.68. The van der Waals surface area contributed by atoms with E-state index in [1.165, 1.54) is 41.5 Å². The summed E-state index contributed by atoms with van der Waals surface area (Å²) in [5, 5.41) is 4.30. The van der Waals surface area contributed by atoms with Crippen LogP contribution in [0.1, 0.15) is 53.9 Å². The molecule has 4 heterocycles. The first-order valence-corrected chi connectivity index (χ1v) is 12.2. The fourth-order valence-electron chi connectivity index (χ4n) is 4.84. The van der Waals surface area contributed by atoms with E-state index in [0.717, 1.165) is 54.4 Å². The van der Waals surface area contributed by atoms with Gasteiger partial charge in [-0.2, -0.15) is 0 Å². The van der Waals surface area contributed by atoms with Crippen molar-refractivity contribution < 1.29 is 4.79 Å². The standard InChI is InChI=1S/C24H29N5OS/c1-15-7-6-12-25-21(15)28-23(30)17-10-13-29(14-11-17)22-20-18-8-4-3-5-9-19(18)31-24(20)27-16(2)26-22/h6-7,12,17H,3-5,8-11,13-14H2,1-2H3,(H,25,28,30). The fraction of sp³-hybridized carbons (Fsp3) is 0.500. The maximum Gasteiger partial charge on any atom is 0.228 e. The molecule has 0 unspecified atom stereocenters. The highest BCUT2D eigenvalue weighted by molar-refractivity contribution is 7.19. The number of amides is 1. The van der Waals surface area contributed by atoms with E-state index >= 15 is 0 Å². The van der Waals surface area contributed by atoms with Gasteiger partial charge in [-0.15, -0.1) is 11.3 Å². The van der Waals surface area contributed by atoms with Crippen molar-refractivity contribution >= 4 is 39.1 Å². The van der Waals surface area contributed by atoms with Gasteiger partial charge in [0.05, 0.1) is 5.39 Å². The molecule has 1 aliphatic heterocycles. The summed E-state index contributed by atoms with van der Waals surface area (Å²) < 4.78 is 0. The number of aryl methyl sites for hydroxylation is 4. The molecule has 31 heavy (non-hydrogen) atoms. The van der Waals surface area contributed by atoms with Crippen LogP contribution in [0.4, 0.5) is 11.6 Å². The molecule has 7 heteroatoms. The van der Waals surface area contributed by atoms with Gasteiger partial charge in [-0.05, 0) is 69.6 Å². The Bertz CT molecular complexity index is 1120. The van der Waals surface area contributed by atoms with Crippen molar-refractivity contribution in [2.75, 3.05) is 23.3 Å². The minimum absolute atomic E-state index is 0.00988. The minimum Gasteiger partial charge on any atom is -0.356 e. The second-order valence-electron chi connectivity index (χ2n) is 8.76. The third-order valence-electron chi connectivity index (χ3n) is 6.57. The molecular formula is C24H29N5OS. The molecule has 3 aromatic heterocycles. The fourth-order valence-corrected chi connectivity index (χ4v) is 6.14. The molecule has 1 aliphatic carbocycles. The zero-order chi connectivity index (χ0) is 21.4. The molecular weight excluding hydrogens is 406 g/mol.